The maximum absolute atomic E-state index is 2.46. The normalized spacial score (nSPS) is 11.8. The van der Waals surface area contributed by atoms with Crippen LogP contribution in [0, 0.1) is 0 Å². The summed E-state index contributed by atoms with van der Waals surface area (Å²) >= 11 is 0. The molecule has 53 heavy (non-hydrogen) atoms. The van der Waals surface area contributed by atoms with Gasteiger partial charge in [-0.25, -0.2) is 0 Å². The second-order valence-corrected chi connectivity index (χ2v) is 14.1. The fourth-order valence-corrected chi connectivity index (χ4v) is 8.70. The Hall–Kier alpha value is -6.96. The Balaban J connectivity index is 1.06. The minimum Gasteiger partial charge on any atom is -0.309 e. The molecule has 0 fully saturated rings. The molecule has 0 amide bonds. The molecule has 11 rings (SSSR count). The molecule has 1 heterocycles. The van der Waals surface area contributed by atoms with E-state index in [0.29, 0.717) is 0 Å². The number of para-hydroxylation sites is 1. The zero-order valence-electron chi connectivity index (χ0n) is 29.0. The first-order valence-electron chi connectivity index (χ1n) is 18.3. The molecule has 0 aliphatic carbocycles. The van der Waals surface area contributed by atoms with Crippen LogP contribution in [0.2, 0.25) is 0 Å². The summed E-state index contributed by atoms with van der Waals surface area (Å²) in [6, 6.07) is 73.4. The highest BCUT2D eigenvalue weighted by Gasteiger charge is 2.19. The highest BCUT2D eigenvalue weighted by atomic mass is 15.0. The number of rotatable bonds is 4. The number of hydrogen-bond donors (Lipinski definition) is 0. The van der Waals surface area contributed by atoms with Crippen molar-refractivity contribution in [3.8, 4) is 39.1 Å². The van der Waals surface area contributed by atoms with E-state index >= 15 is 0 Å². The number of fused-ring (bicyclic) bond motifs is 11. The Morgan fingerprint density at radius 2 is 0.774 bits per heavy atom. The second kappa shape index (κ2) is 11.8. The fraction of sp³-hybridized carbons (Fsp3) is 0. The van der Waals surface area contributed by atoms with Gasteiger partial charge in [0.2, 0.25) is 0 Å². The molecule has 0 atom stereocenters. The van der Waals surface area contributed by atoms with Gasteiger partial charge in [0.1, 0.15) is 0 Å². The van der Waals surface area contributed by atoms with Crippen molar-refractivity contribution < 1.29 is 0 Å². The summed E-state index contributed by atoms with van der Waals surface area (Å²) in [7, 11) is 0. The van der Waals surface area contributed by atoms with Crippen molar-refractivity contribution in [1.82, 2.24) is 4.57 Å². The quantitative estimate of drug-likeness (QED) is 0.164. The molecule has 0 radical (unpaired) electrons. The van der Waals surface area contributed by atoms with E-state index in [9.17, 15) is 0 Å². The standard InChI is InChI=1S/C52H33N/c1-3-13-36(14-4-1)47-33-39-28-27-37(31-48(39)44-20-8-7-19-43(44)47)34-23-25-35(26-24-34)38-29-30-50-49(32-38)51-45-21-11-9-17-41(45)42-18-10-12-22-46(42)52(51)53(50)40-15-5-2-6-16-40/h1-33H. The highest BCUT2D eigenvalue weighted by Crippen LogP contribution is 2.44. The van der Waals surface area contributed by atoms with Crippen molar-refractivity contribution in [3.63, 3.8) is 0 Å². The van der Waals surface area contributed by atoms with Gasteiger partial charge in [-0.3, -0.25) is 0 Å². The third kappa shape index (κ3) is 4.64. The molecule has 0 N–H and O–H groups in total. The maximum atomic E-state index is 2.46. The molecule has 1 nitrogen and oxygen atoms in total. The molecular formula is C52H33N. The summed E-state index contributed by atoms with van der Waals surface area (Å²) in [5, 5.41) is 12.8. The predicted octanol–water partition coefficient (Wildman–Crippen LogP) is 14.4. The summed E-state index contributed by atoms with van der Waals surface area (Å²) in [6.45, 7) is 0. The average Bonchev–Trinajstić information content (AvgIpc) is 3.59. The second-order valence-electron chi connectivity index (χ2n) is 14.1. The van der Waals surface area contributed by atoms with Crippen LogP contribution in [0.3, 0.4) is 0 Å². The number of hydrogen-bond acceptors (Lipinski definition) is 0. The lowest BCUT2D eigenvalue weighted by Gasteiger charge is -2.13. The topological polar surface area (TPSA) is 4.93 Å². The van der Waals surface area contributed by atoms with Gasteiger partial charge in [-0.1, -0.05) is 164 Å². The summed E-state index contributed by atoms with van der Waals surface area (Å²) in [5.41, 5.74) is 11.0. The Kier molecular flexibility index (Phi) is 6.62. The van der Waals surface area contributed by atoms with Crippen molar-refractivity contribution in [2.75, 3.05) is 0 Å². The molecule has 1 aromatic heterocycles. The van der Waals surface area contributed by atoms with Crippen LogP contribution < -0.4 is 0 Å². The van der Waals surface area contributed by atoms with Crippen LogP contribution in [-0.2, 0) is 0 Å². The molecule has 246 valence electrons. The van der Waals surface area contributed by atoms with E-state index in [1.54, 1.807) is 0 Å². The third-order valence-electron chi connectivity index (χ3n) is 11.1. The van der Waals surface area contributed by atoms with E-state index in [1.807, 2.05) is 0 Å². The molecule has 0 saturated heterocycles. The Bertz CT molecular complexity index is 3190. The lowest BCUT2D eigenvalue weighted by atomic mass is 9.91. The molecule has 10 aromatic carbocycles. The first-order chi connectivity index (χ1) is 26.3. The van der Waals surface area contributed by atoms with Gasteiger partial charge in [0, 0.05) is 21.8 Å². The Morgan fingerprint density at radius 3 is 1.45 bits per heavy atom. The van der Waals surface area contributed by atoms with Crippen molar-refractivity contribution in [2.24, 2.45) is 0 Å². The SMILES string of the molecule is c1ccc(-c2cc3ccc(-c4ccc(-c5ccc6c(c5)c5c7ccccc7c7ccccc7c5n6-c5ccccc5)cc4)cc3c3ccccc23)cc1. The minimum atomic E-state index is 1.17. The maximum Gasteiger partial charge on any atom is 0.0625 e. The van der Waals surface area contributed by atoms with E-state index in [4.69, 9.17) is 0 Å². The minimum absolute atomic E-state index is 1.17. The van der Waals surface area contributed by atoms with Crippen LogP contribution in [0.4, 0.5) is 0 Å². The van der Waals surface area contributed by atoms with Crippen LogP contribution in [0.1, 0.15) is 0 Å². The zero-order valence-corrected chi connectivity index (χ0v) is 29.0. The lowest BCUT2D eigenvalue weighted by molar-refractivity contribution is 1.19. The van der Waals surface area contributed by atoms with Gasteiger partial charge in [0.15, 0.2) is 0 Å². The van der Waals surface area contributed by atoms with Crippen molar-refractivity contribution in [3.05, 3.63) is 200 Å². The summed E-state index contributed by atoms with van der Waals surface area (Å²) in [6.07, 6.45) is 0. The van der Waals surface area contributed by atoms with Crippen LogP contribution in [0.15, 0.2) is 200 Å². The molecule has 11 aromatic rings. The number of benzene rings is 10. The summed E-state index contributed by atoms with van der Waals surface area (Å²) in [5.74, 6) is 0. The Labute approximate surface area is 307 Å². The van der Waals surface area contributed by atoms with Gasteiger partial charge < -0.3 is 4.57 Å². The van der Waals surface area contributed by atoms with Gasteiger partial charge >= 0.3 is 0 Å². The van der Waals surface area contributed by atoms with Crippen LogP contribution in [0.25, 0.3) is 104 Å². The number of nitrogens with zero attached hydrogens (tertiary/aromatic N) is 1. The van der Waals surface area contributed by atoms with E-state index < -0.39 is 0 Å². The molecule has 0 unspecified atom stereocenters. The van der Waals surface area contributed by atoms with E-state index in [1.165, 1.54) is 104 Å². The molecular weight excluding hydrogens is 639 g/mol. The van der Waals surface area contributed by atoms with Gasteiger partial charge in [-0.05, 0) is 107 Å². The van der Waals surface area contributed by atoms with Crippen molar-refractivity contribution in [2.45, 2.75) is 0 Å². The monoisotopic (exact) mass is 671 g/mol. The molecule has 0 bridgehead atoms. The van der Waals surface area contributed by atoms with Crippen LogP contribution in [-0.4, -0.2) is 4.57 Å². The molecule has 1 heteroatoms. The van der Waals surface area contributed by atoms with Gasteiger partial charge in [-0.15, -0.1) is 0 Å². The molecule has 0 aliphatic rings. The van der Waals surface area contributed by atoms with E-state index in [-0.39, 0.29) is 0 Å². The van der Waals surface area contributed by atoms with E-state index in [0.717, 1.165) is 0 Å². The smallest absolute Gasteiger partial charge is 0.0625 e. The van der Waals surface area contributed by atoms with Crippen LogP contribution >= 0.6 is 0 Å². The first kappa shape index (κ1) is 29.7. The highest BCUT2D eigenvalue weighted by molar-refractivity contribution is 6.32. The fourth-order valence-electron chi connectivity index (χ4n) is 8.70. The summed E-state index contributed by atoms with van der Waals surface area (Å²) < 4.78 is 2.46. The molecule has 0 aliphatic heterocycles. The average molecular weight is 672 g/mol. The first-order valence-corrected chi connectivity index (χ1v) is 18.3. The van der Waals surface area contributed by atoms with Crippen LogP contribution in [0.5, 0.6) is 0 Å². The van der Waals surface area contributed by atoms with Gasteiger partial charge in [0.25, 0.3) is 0 Å². The van der Waals surface area contributed by atoms with Crippen molar-refractivity contribution >= 4 is 64.9 Å². The largest absolute Gasteiger partial charge is 0.309 e. The third-order valence-corrected chi connectivity index (χ3v) is 11.1. The Morgan fingerprint density at radius 1 is 0.283 bits per heavy atom. The molecule has 0 spiro atoms. The summed E-state index contributed by atoms with van der Waals surface area (Å²) in [4.78, 5) is 0. The van der Waals surface area contributed by atoms with Crippen molar-refractivity contribution in [1.29, 1.82) is 0 Å². The zero-order chi connectivity index (χ0) is 34.9. The predicted molar refractivity (Wildman–Crippen MR) is 227 cm³/mol. The van der Waals surface area contributed by atoms with Gasteiger partial charge in [0.05, 0.1) is 11.0 Å². The number of aromatic nitrogens is 1. The van der Waals surface area contributed by atoms with Gasteiger partial charge in [-0.2, -0.15) is 0 Å². The molecule has 0 saturated carbocycles. The lowest BCUT2D eigenvalue weighted by Crippen LogP contribution is -1.94. The van der Waals surface area contributed by atoms with E-state index in [2.05, 4.69) is 205 Å².